The highest BCUT2D eigenvalue weighted by atomic mass is 35.5. The second kappa shape index (κ2) is 7.68. The Bertz CT molecular complexity index is 571. The number of halogens is 2. The van der Waals surface area contributed by atoms with E-state index in [-0.39, 0.29) is 18.2 Å². The van der Waals surface area contributed by atoms with Crippen LogP contribution in [0, 0.1) is 5.82 Å². The van der Waals surface area contributed by atoms with Crippen LogP contribution in [0.1, 0.15) is 18.4 Å². The van der Waals surface area contributed by atoms with Gasteiger partial charge < -0.3 is 21.9 Å². The first-order chi connectivity index (χ1) is 10.3. The molecule has 0 N–H and O–H groups in total. The van der Waals surface area contributed by atoms with Crippen molar-refractivity contribution in [1.29, 1.82) is 0 Å². The van der Waals surface area contributed by atoms with Gasteiger partial charge in [-0.05, 0) is 12.1 Å². The number of aryl methyl sites for hydroxylation is 1. The van der Waals surface area contributed by atoms with Crippen LogP contribution in [0.3, 0.4) is 0 Å². The summed E-state index contributed by atoms with van der Waals surface area (Å²) in [4.78, 5) is 0. The first-order valence-electron chi connectivity index (χ1n) is 7.27. The number of aromatic nitrogens is 1. The molecule has 2 aromatic rings. The Kier molecular flexibility index (Phi) is 5.89. The lowest BCUT2D eigenvalue weighted by molar-refractivity contribution is -0.697. The van der Waals surface area contributed by atoms with Crippen LogP contribution in [0.4, 0.5) is 4.39 Å². The molecule has 118 valence electrons. The minimum absolute atomic E-state index is 0. The summed E-state index contributed by atoms with van der Waals surface area (Å²) in [5.41, 5.74) is 0.888. The molecule has 0 amide bonds. The van der Waals surface area contributed by atoms with Gasteiger partial charge >= 0.3 is 0 Å². The largest absolute Gasteiger partial charge is 1.00 e. The third-order valence-electron chi connectivity index (χ3n) is 3.74. The second-order valence-corrected chi connectivity index (χ2v) is 5.17. The van der Waals surface area contributed by atoms with Gasteiger partial charge in [-0.25, -0.2) is 8.96 Å². The van der Waals surface area contributed by atoms with E-state index in [1.807, 2.05) is 30.6 Å². The summed E-state index contributed by atoms with van der Waals surface area (Å²) >= 11 is 0. The number of ether oxygens (including phenoxy) is 2. The molecule has 2 heterocycles. The Hall–Kier alpha value is -1.49. The predicted octanol–water partition coefficient (Wildman–Crippen LogP) is -0.203. The maximum atomic E-state index is 13.1. The Morgan fingerprint density at radius 2 is 1.64 bits per heavy atom. The van der Waals surface area contributed by atoms with Crippen LogP contribution >= 0.6 is 0 Å². The van der Waals surface area contributed by atoms with E-state index in [1.165, 1.54) is 12.1 Å². The molecular formula is C17H19ClFNO2. The van der Waals surface area contributed by atoms with Crippen molar-refractivity contribution >= 4 is 0 Å². The van der Waals surface area contributed by atoms with Crippen molar-refractivity contribution in [2.45, 2.75) is 25.2 Å². The van der Waals surface area contributed by atoms with Gasteiger partial charge in [0.15, 0.2) is 18.2 Å². The molecule has 0 radical (unpaired) electrons. The van der Waals surface area contributed by atoms with Crippen molar-refractivity contribution in [3.05, 3.63) is 66.2 Å². The molecule has 5 heteroatoms. The average Bonchev–Trinajstić information content (AvgIpc) is 2.99. The monoisotopic (exact) mass is 323 g/mol. The summed E-state index contributed by atoms with van der Waals surface area (Å²) in [5.74, 6) is -0.963. The van der Waals surface area contributed by atoms with E-state index in [2.05, 4.69) is 4.57 Å². The summed E-state index contributed by atoms with van der Waals surface area (Å²) in [6.45, 7) is 2.06. The molecule has 1 fully saturated rings. The fourth-order valence-electron chi connectivity index (χ4n) is 2.69. The van der Waals surface area contributed by atoms with Gasteiger partial charge in [-0.1, -0.05) is 18.2 Å². The minimum Gasteiger partial charge on any atom is -1.00 e. The molecule has 1 saturated heterocycles. The van der Waals surface area contributed by atoms with E-state index in [4.69, 9.17) is 9.47 Å². The van der Waals surface area contributed by atoms with Crippen molar-refractivity contribution in [3.63, 3.8) is 0 Å². The van der Waals surface area contributed by atoms with Crippen LogP contribution < -0.4 is 17.0 Å². The number of hydrogen-bond donors (Lipinski definition) is 0. The number of pyridine rings is 1. The zero-order chi connectivity index (χ0) is 14.5. The number of nitrogens with zero attached hydrogens (tertiary/aromatic N) is 1. The SMILES string of the molecule is Fc1ccc(C2(CCC[n+]3ccccc3)OCCO2)cc1.[Cl-]. The van der Waals surface area contributed by atoms with Crippen LogP contribution in [0.15, 0.2) is 54.9 Å². The zero-order valence-electron chi connectivity index (χ0n) is 12.3. The molecule has 0 bridgehead atoms. The summed E-state index contributed by atoms with van der Waals surface area (Å²) in [7, 11) is 0. The molecule has 0 spiro atoms. The Morgan fingerprint density at radius 1 is 1.00 bits per heavy atom. The first kappa shape index (κ1) is 16.9. The lowest BCUT2D eigenvalue weighted by Crippen LogP contribution is -3.00. The molecule has 1 aliphatic rings. The molecule has 3 nitrogen and oxygen atoms in total. The van der Waals surface area contributed by atoms with Gasteiger partial charge in [0, 0.05) is 30.5 Å². The molecular weight excluding hydrogens is 305 g/mol. The minimum atomic E-state index is -0.719. The van der Waals surface area contributed by atoms with Crippen LogP contribution in [0.5, 0.6) is 0 Å². The lowest BCUT2D eigenvalue weighted by Gasteiger charge is -2.27. The van der Waals surface area contributed by atoms with Crippen molar-refractivity contribution in [2.24, 2.45) is 0 Å². The quantitative estimate of drug-likeness (QED) is 0.711. The van der Waals surface area contributed by atoms with Gasteiger partial charge in [0.25, 0.3) is 0 Å². The summed E-state index contributed by atoms with van der Waals surface area (Å²) < 4.78 is 26.9. The third kappa shape index (κ3) is 3.83. The van der Waals surface area contributed by atoms with E-state index in [1.54, 1.807) is 12.1 Å². The van der Waals surface area contributed by atoms with E-state index in [0.29, 0.717) is 13.2 Å². The van der Waals surface area contributed by atoms with Crippen LogP contribution in [0.25, 0.3) is 0 Å². The van der Waals surface area contributed by atoms with Gasteiger partial charge in [0.2, 0.25) is 0 Å². The van der Waals surface area contributed by atoms with Gasteiger partial charge in [0.05, 0.1) is 13.2 Å². The summed E-state index contributed by atoms with van der Waals surface area (Å²) in [6, 6.07) is 12.4. The molecule has 0 unspecified atom stereocenters. The van der Waals surface area contributed by atoms with E-state index >= 15 is 0 Å². The van der Waals surface area contributed by atoms with E-state index in [0.717, 1.165) is 24.9 Å². The van der Waals surface area contributed by atoms with Crippen LogP contribution in [-0.2, 0) is 21.8 Å². The van der Waals surface area contributed by atoms with E-state index < -0.39 is 5.79 Å². The molecule has 0 aliphatic carbocycles. The van der Waals surface area contributed by atoms with E-state index in [9.17, 15) is 4.39 Å². The highest BCUT2D eigenvalue weighted by molar-refractivity contribution is 5.21. The van der Waals surface area contributed by atoms with Crippen LogP contribution in [-0.4, -0.2) is 13.2 Å². The highest BCUT2D eigenvalue weighted by Crippen LogP contribution is 2.35. The molecule has 3 rings (SSSR count). The average molecular weight is 324 g/mol. The predicted molar refractivity (Wildman–Crippen MR) is 75.9 cm³/mol. The van der Waals surface area contributed by atoms with Gasteiger partial charge in [-0.2, -0.15) is 0 Å². The van der Waals surface area contributed by atoms with Gasteiger partial charge in [-0.15, -0.1) is 0 Å². The molecule has 1 aromatic heterocycles. The topological polar surface area (TPSA) is 22.3 Å². The number of benzene rings is 1. The molecule has 0 saturated carbocycles. The molecule has 1 aliphatic heterocycles. The Labute approximate surface area is 136 Å². The molecule has 22 heavy (non-hydrogen) atoms. The number of rotatable bonds is 5. The maximum absolute atomic E-state index is 13.1. The Morgan fingerprint density at radius 3 is 2.27 bits per heavy atom. The van der Waals surface area contributed by atoms with Crippen molar-refractivity contribution in [2.75, 3.05) is 13.2 Å². The van der Waals surface area contributed by atoms with Crippen molar-refractivity contribution < 1.29 is 30.8 Å². The van der Waals surface area contributed by atoms with Crippen molar-refractivity contribution in [3.8, 4) is 0 Å². The summed E-state index contributed by atoms with van der Waals surface area (Å²) in [6.07, 6.45) is 5.76. The normalized spacial score (nSPS) is 16.2. The molecule has 1 aromatic carbocycles. The smallest absolute Gasteiger partial charge is 0.195 e. The third-order valence-corrected chi connectivity index (χ3v) is 3.74. The lowest BCUT2D eigenvalue weighted by atomic mass is 10.0. The fraction of sp³-hybridized carbons (Fsp3) is 0.353. The van der Waals surface area contributed by atoms with Crippen molar-refractivity contribution in [1.82, 2.24) is 0 Å². The van der Waals surface area contributed by atoms with Gasteiger partial charge in [-0.3, -0.25) is 0 Å². The number of hydrogen-bond acceptors (Lipinski definition) is 2. The molecule has 0 atom stereocenters. The second-order valence-electron chi connectivity index (χ2n) is 5.17. The maximum Gasteiger partial charge on any atom is 0.195 e. The van der Waals surface area contributed by atoms with Gasteiger partial charge in [0.1, 0.15) is 12.4 Å². The first-order valence-corrected chi connectivity index (χ1v) is 7.27. The standard InChI is InChI=1S/C17H19FNO2.ClH/c18-16-7-5-15(6-8-16)17(20-13-14-21-17)9-4-12-19-10-2-1-3-11-19;/h1-3,5-8,10-11H,4,9,12-14H2;1H/q+1;/p-1. The Balaban J connectivity index is 0.00000176. The summed E-state index contributed by atoms with van der Waals surface area (Å²) in [5, 5.41) is 0. The fourth-order valence-corrected chi connectivity index (χ4v) is 2.69. The van der Waals surface area contributed by atoms with Crippen LogP contribution in [0.2, 0.25) is 0 Å². The zero-order valence-corrected chi connectivity index (χ0v) is 13.0. The highest BCUT2D eigenvalue weighted by Gasteiger charge is 2.38.